The number of hydrogen-bond donors (Lipinski definition) is 0. The van der Waals surface area contributed by atoms with Gasteiger partial charge in [-0.15, -0.1) is 0 Å². The molecule has 0 aliphatic rings. The van der Waals surface area contributed by atoms with Crippen LogP contribution in [-0.4, -0.2) is 30.4 Å². The number of aromatic nitrogens is 5. The lowest BCUT2D eigenvalue weighted by Crippen LogP contribution is -2.25. The molecule has 0 N–H and O–H groups in total. The van der Waals surface area contributed by atoms with Gasteiger partial charge in [0, 0.05) is 36.2 Å². The van der Waals surface area contributed by atoms with E-state index in [9.17, 15) is 4.79 Å². The average molecular weight is 407 g/mol. The van der Waals surface area contributed by atoms with Crippen molar-refractivity contribution in [2.75, 3.05) is 5.75 Å². The highest BCUT2D eigenvalue weighted by Gasteiger charge is 2.14. The van der Waals surface area contributed by atoms with Gasteiger partial charge in [-0.05, 0) is 44.5 Å². The van der Waals surface area contributed by atoms with Crippen molar-refractivity contribution in [1.29, 1.82) is 0 Å². The summed E-state index contributed by atoms with van der Waals surface area (Å²) in [6, 6.07) is 11.3. The van der Waals surface area contributed by atoms with Gasteiger partial charge < -0.3 is 4.52 Å². The Morgan fingerprint density at radius 3 is 2.79 bits per heavy atom. The monoisotopic (exact) mass is 407 g/mol. The van der Waals surface area contributed by atoms with Crippen LogP contribution < -0.4 is 5.56 Å². The molecule has 0 saturated carbocycles. The van der Waals surface area contributed by atoms with Gasteiger partial charge in [-0.3, -0.25) is 14.3 Å². The minimum Gasteiger partial charge on any atom is -0.339 e. The first-order valence-electron chi connectivity index (χ1n) is 9.50. The fraction of sp³-hybridized carbons (Fsp3) is 0.286. The fourth-order valence-corrected chi connectivity index (χ4v) is 4.11. The summed E-state index contributed by atoms with van der Waals surface area (Å²) in [5.74, 6) is 1.94. The molecule has 0 radical (unpaired) electrons. The second-order valence-corrected chi connectivity index (χ2v) is 7.95. The van der Waals surface area contributed by atoms with E-state index in [4.69, 9.17) is 9.51 Å². The number of rotatable bonds is 7. The third-order valence-electron chi connectivity index (χ3n) is 4.45. The van der Waals surface area contributed by atoms with Crippen LogP contribution in [-0.2, 0) is 6.42 Å². The molecule has 8 heteroatoms. The number of nitrogens with zero attached hydrogens (tertiary/aromatic N) is 5. The Kier molecular flexibility index (Phi) is 5.71. The first kappa shape index (κ1) is 19.3. The van der Waals surface area contributed by atoms with Gasteiger partial charge in [-0.1, -0.05) is 29.1 Å². The topological polar surface area (TPSA) is 86.7 Å². The van der Waals surface area contributed by atoms with E-state index in [2.05, 4.69) is 15.1 Å². The molecule has 0 atom stereocenters. The van der Waals surface area contributed by atoms with Gasteiger partial charge in [0.1, 0.15) is 0 Å². The van der Waals surface area contributed by atoms with Crippen LogP contribution >= 0.6 is 11.8 Å². The zero-order valence-corrected chi connectivity index (χ0v) is 17.1. The summed E-state index contributed by atoms with van der Waals surface area (Å²) in [4.78, 5) is 26.1. The second kappa shape index (κ2) is 8.57. The molecule has 29 heavy (non-hydrogen) atoms. The van der Waals surface area contributed by atoms with E-state index < -0.39 is 0 Å². The molecule has 0 aliphatic heterocycles. The Balaban J connectivity index is 1.43. The lowest BCUT2D eigenvalue weighted by molar-refractivity contribution is 0.378. The number of thioether (sulfide) groups is 1. The average Bonchev–Trinajstić information content (AvgIpc) is 3.21. The van der Waals surface area contributed by atoms with Crippen molar-refractivity contribution >= 4 is 22.7 Å². The van der Waals surface area contributed by atoms with Gasteiger partial charge in [-0.2, -0.15) is 4.98 Å². The summed E-state index contributed by atoms with van der Waals surface area (Å²) in [6.45, 7) is 4.00. The predicted octanol–water partition coefficient (Wildman–Crippen LogP) is 4.15. The first-order valence-corrected chi connectivity index (χ1v) is 10.5. The van der Waals surface area contributed by atoms with E-state index in [1.54, 1.807) is 28.7 Å². The highest BCUT2D eigenvalue weighted by atomic mass is 32.2. The van der Waals surface area contributed by atoms with E-state index in [-0.39, 0.29) is 11.6 Å². The predicted molar refractivity (Wildman–Crippen MR) is 113 cm³/mol. The van der Waals surface area contributed by atoms with Gasteiger partial charge >= 0.3 is 0 Å². The van der Waals surface area contributed by atoms with E-state index in [0.29, 0.717) is 23.5 Å². The maximum atomic E-state index is 12.9. The molecule has 0 fully saturated rings. The van der Waals surface area contributed by atoms with Crippen LogP contribution in [0.4, 0.5) is 0 Å². The highest BCUT2D eigenvalue weighted by molar-refractivity contribution is 7.99. The molecule has 0 unspecified atom stereocenters. The third kappa shape index (κ3) is 4.22. The standard InChI is InChI=1S/C21H21N5O2S/c1-14(2)26-20(27)16-8-3-4-9-17(16)23-21(26)29-12-6-10-18-24-19(25-28-18)15-7-5-11-22-13-15/h3-5,7-9,11,13-14H,6,10,12H2,1-2H3. The molecule has 3 heterocycles. The third-order valence-corrected chi connectivity index (χ3v) is 5.48. The van der Waals surface area contributed by atoms with E-state index in [1.807, 2.05) is 50.2 Å². The first-order chi connectivity index (χ1) is 14.1. The molecule has 7 nitrogen and oxygen atoms in total. The van der Waals surface area contributed by atoms with Gasteiger partial charge in [0.15, 0.2) is 5.16 Å². The summed E-state index contributed by atoms with van der Waals surface area (Å²) >= 11 is 1.58. The lowest BCUT2D eigenvalue weighted by atomic mass is 10.2. The molecule has 0 spiro atoms. The van der Waals surface area contributed by atoms with E-state index in [1.165, 1.54) is 0 Å². The molecule has 0 amide bonds. The van der Waals surface area contributed by atoms with Crippen LogP contribution in [0.25, 0.3) is 22.3 Å². The molecule has 0 bridgehead atoms. The smallest absolute Gasteiger partial charge is 0.262 e. The van der Waals surface area contributed by atoms with Gasteiger partial charge in [0.25, 0.3) is 5.56 Å². The van der Waals surface area contributed by atoms with E-state index in [0.717, 1.165) is 28.4 Å². The van der Waals surface area contributed by atoms with Crippen LogP contribution in [0.15, 0.2) is 63.3 Å². The van der Waals surface area contributed by atoms with Crippen LogP contribution in [0.5, 0.6) is 0 Å². The van der Waals surface area contributed by atoms with Crippen LogP contribution in [0, 0.1) is 0 Å². The maximum Gasteiger partial charge on any atom is 0.262 e. The zero-order chi connectivity index (χ0) is 20.2. The summed E-state index contributed by atoms with van der Waals surface area (Å²) in [5, 5.41) is 5.41. The molecule has 0 saturated heterocycles. The van der Waals surface area contributed by atoms with Crippen molar-refractivity contribution in [3.05, 3.63) is 65.0 Å². The van der Waals surface area contributed by atoms with E-state index >= 15 is 0 Å². The normalized spacial score (nSPS) is 11.4. The fourth-order valence-electron chi connectivity index (χ4n) is 3.04. The van der Waals surface area contributed by atoms with Crippen molar-refractivity contribution in [3.8, 4) is 11.4 Å². The van der Waals surface area contributed by atoms with Gasteiger partial charge in [0.2, 0.25) is 11.7 Å². The van der Waals surface area contributed by atoms with Crippen molar-refractivity contribution in [2.45, 2.75) is 37.9 Å². The maximum absolute atomic E-state index is 12.9. The summed E-state index contributed by atoms with van der Waals surface area (Å²) in [5.41, 5.74) is 1.57. The van der Waals surface area contributed by atoms with Crippen molar-refractivity contribution in [3.63, 3.8) is 0 Å². The molecular formula is C21H21N5O2S. The summed E-state index contributed by atoms with van der Waals surface area (Å²) < 4.78 is 7.11. The Morgan fingerprint density at radius 2 is 2.00 bits per heavy atom. The van der Waals surface area contributed by atoms with Crippen LogP contribution in [0.3, 0.4) is 0 Å². The number of aryl methyl sites for hydroxylation is 1. The zero-order valence-electron chi connectivity index (χ0n) is 16.3. The van der Waals surface area contributed by atoms with Gasteiger partial charge in [-0.25, -0.2) is 4.98 Å². The Morgan fingerprint density at radius 1 is 1.14 bits per heavy atom. The number of fused-ring (bicyclic) bond motifs is 1. The quantitative estimate of drug-likeness (QED) is 0.258. The summed E-state index contributed by atoms with van der Waals surface area (Å²) in [6.07, 6.45) is 4.92. The SMILES string of the molecule is CC(C)n1c(SCCCc2nc(-c3cccnc3)no2)nc2ccccc2c1=O. The molecule has 3 aromatic heterocycles. The minimum atomic E-state index is 0.00566. The van der Waals surface area contributed by atoms with Crippen molar-refractivity contribution < 1.29 is 4.52 Å². The summed E-state index contributed by atoms with van der Waals surface area (Å²) in [7, 11) is 0. The number of hydrogen-bond acceptors (Lipinski definition) is 7. The molecule has 4 aromatic rings. The van der Waals surface area contributed by atoms with Crippen LogP contribution in [0.1, 0.15) is 32.2 Å². The Bertz CT molecular complexity index is 1170. The van der Waals surface area contributed by atoms with Crippen molar-refractivity contribution in [1.82, 2.24) is 24.7 Å². The number of para-hydroxylation sites is 1. The molecular weight excluding hydrogens is 386 g/mol. The minimum absolute atomic E-state index is 0.00566. The Labute approximate surface area is 172 Å². The van der Waals surface area contributed by atoms with Crippen LogP contribution in [0.2, 0.25) is 0 Å². The Hall–Kier alpha value is -3.00. The number of benzene rings is 1. The molecule has 4 rings (SSSR count). The second-order valence-electron chi connectivity index (χ2n) is 6.89. The molecule has 0 aliphatic carbocycles. The largest absolute Gasteiger partial charge is 0.339 e. The highest BCUT2D eigenvalue weighted by Crippen LogP contribution is 2.22. The lowest BCUT2D eigenvalue weighted by Gasteiger charge is -2.15. The van der Waals surface area contributed by atoms with Gasteiger partial charge in [0.05, 0.1) is 10.9 Å². The number of pyridine rings is 1. The van der Waals surface area contributed by atoms with Crippen molar-refractivity contribution in [2.24, 2.45) is 0 Å². The molecule has 148 valence electrons. The molecule has 1 aromatic carbocycles.